The second-order valence-corrected chi connectivity index (χ2v) is 5.03. The molecule has 1 N–H and O–H groups in total. The SMILES string of the molecule is O=C(NCc1ccccc1)c1nc(-c2ccc(Cl)cc2)no1. The van der Waals surface area contributed by atoms with Crippen LogP contribution in [0.4, 0.5) is 0 Å². The first-order valence-corrected chi connectivity index (χ1v) is 7.02. The normalized spacial score (nSPS) is 10.4. The molecule has 0 atom stereocenters. The maximum atomic E-state index is 12.0. The summed E-state index contributed by atoms with van der Waals surface area (Å²) in [6.45, 7) is 0.401. The Balaban J connectivity index is 1.68. The van der Waals surface area contributed by atoms with Gasteiger partial charge in [0.2, 0.25) is 5.82 Å². The van der Waals surface area contributed by atoms with E-state index in [2.05, 4.69) is 15.5 Å². The molecule has 1 amide bonds. The molecular formula is C16H12ClN3O2. The molecule has 0 radical (unpaired) electrons. The van der Waals surface area contributed by atoms with Gasteiger partial charge >= 0.3 is 11.8 Å². The Hall–Kier alpha value is -2.66. The lowest BCUT2D eigenvalue weighted by atomic mass is 10.2. The number of rotatable bonds is 4. The van der Waals surface area contributed by atoms with Crippen molar-refractivity contribution in [1.82, 2.24) is 15.5 Å². The number of hydrogen-bond acceptors (Lipinski definition) is 4. The Labute approximate surface area is 131 Å². The summed E-state index contributed by atoms with van der Waals surface area (Å²) in [7, 11) is 0. The Morgan fingerprint density at radius 2 is 1.82 bits per heavy atom. The van der Waals surface area contributed by atoms with Crippen LogP contribution in [0.5, 0.6) is 0 Å². The number of hydrogen-bond donors (Lipinski definition) is 1. The van der Waals surface area contributed by atoms with E-state index in [4.69, 9.17) is 16.1 Å². The summed E-state index contributed by atoms with van der Waals surface area (Å²) in [5, 5.41) is 7.15. The summed E-state index contributed by atoms with van der Waals surface area (Å²) in [4.78, 5) is 16.1. The smallest absolute Gasteiger partial charge is 0.316 e. The predicted octanol–water partition coefficient (Wildman–Crippen LogP) is 3.32. The number of nitrogens with zero attached hydrogens (tertiary/aromatic N) is 2. The minimum atomic E-state index is -0.406. The van der Waals surface area contributed by atoms with E-state index in [1.807, 2.05) is 30.3 Å². The van der Waals surface area contributed by atoms with Crippen LogP contribution in [0.1, 0.15) is 16.2 Å². The summed E-state index contributed by atoms with van der Waals surface area (Å²) in [6.07, 6.45) is 0. The Morgan fingerprint density at radius 3 is 2.55 bits per heavy atom. The van der Waals surface area contributed by atoms with Crippen molar-refractivity contribution in [2.75, 3.05) is 0 Å². The zero-order chi connectivity index (χ0) is 15.4. The molecule has 0 saturated carbocycles. The number of benzene rings is 2. The molecule has 1 heterocycles. The topological polar surface area (TPSA) is 68.0 Å². The van der Waals surface area contributed by atoms with Crippen molar-refractivity contribution in [2.45, 2.75) is 6.54 Å². The maximum Gasteiger partial charge on any atom is 0.316 e. The maximum absolute atomic E-state index is 12.0. The van der Waals surface area contributed by atoms with E-state index in [-0.39, 0.29) is 5.89 Å². The second kappa shape index (κ2) is 6.41. The lowest BCUT2D eigenvalue weighted by molar-refractivity contribution is 0.0907. The number of amides is 1. The van der Waals surface area contributed by atoms with Crippen LogP contribution >= 0.6 is 11.6 Å². The molecular weight excluding hydrogens is 302 g/mol. The van der Waals surface area contributed by atoms with E-state index in [1.54, 1.807) is 24.3 Å². The summed E-state index contributed by atoms with van der Waals surface area (Å²) < 4.78 is 4.99. The van der Waals surface area contributed by atoms with E-state index in [0.717, 1.165) is 11.1 Å². The molecule has 0 aliphatic heterocycles. The van der Waals surface area contributed by atoms with Crippen LogP contribution in [0.25, 0.3) is 11.4 Å². The van der Waals surface area contributed by atoms with Crippen LogP contribution in [-0.2, 0) is 6.54 Å². The summed E-state index contributed by atoms with van der Waals surface area (Å²) in [5.74, 6) is -0.126. The van der Waals surface area contributed by atoms with Gasteiger partial charge in [-0.25, -0.2) is 0 Å². The number of nitrogens with one attached hydrogen (secondary N) is 1. The van der Waals surface area contributed by atoms with Crippen molar-refractivity contribution in [3.8, 4) is 11.4 Å². The minimum Gasteiger partial charge on any atom is -0.344 e. The third-order valence-corrected chi connectivity index (χ3v) is 3.27. The largest absolute Gasteiger partial charge is 0.344 e. The minimum absolute atomic E-state index is 0.0686. The van der Waals surface area contributed by atoms with E-state index >= 15 is 0 Å². The third kappa shape index (κ3) is 3.32. The average molecular weight is 314 g/mol. The molecule has 3 aromatic rings. The highest BCUT2D eigenvalue weighted by Gasteiger charge is 2.15. The number of aromatic nitrogens is 2. The first-order valence-electron chi connectivity index (χ1n) is 6.64. The standard InChI is InChI=1S/C16H12ClN3O2/c17-13-8-6-12(7-9-13)14-19-16(22-20-14)15(21)18-10-11-4-2-1-3-5-11/h1-9H,10H2,(H,18,21). The molecule has 6 heteroatoms. The molecule has 0 aliphatic rings. The monoisotopic (exact) mass is 313 g/mol. The van der Waals surface area contributed by atoms with Crippen LogP contribution in [-0.4, -0.2) is 16.0 Å². The Kier molecular flexibility index (Phi) is 4.16. The molecule has 0 unspecified atom stereocenters. The number of carbonyl (C=O) groups excluding carboxylic acids is 1. The van der Waals surface area contributed by atoms with Crippen LogP contribution in [0.2, 0.25) is 5.02 Å². The zero-order valence-electron chi connectivity index (χ0n) is 11.5. The second-order valence-electron chi connectivity index (χ2n) is 4.60. The third-order valence-electron chi connectivity index (χ3n) is 3.02. The van der Waals surface area contributed by atoms with Crippen molar-refractivity contribution >= 4 is 17.5 Å². The zero-order valence-corrected chi connectivity index (χ0v) is 12.2. The fourth-order valence-electron chi connectivity index (χ4n) is 1.89. The van der Waals surface area contributed by atoms with E-state index in [0.29, 0.717) is 17.4 Å². The highest BCUT2D eigenvalue weighted by molar-refractivity contribution is 6.30. The molecule has 0 aliphatic carbocycles. The van der Waals surface area contributed by atoms with Gasteiger partial charge in [0.05, 0.1) is 0 Å². The first kappa shape index (κ1) is 14.3. The van der Waals surface area contributed by atoms with Crippen molar-refractivity contribution in [3.05, 3.63) is 71.1 Å². The van der Waals surface area contributed by atoms with E-state index in [9.17, 15) is 4.79 Å². The summed E-state index contributed by atoms with van der Waals surface area (Å²) in [5.41, 5.74) is 1.73. The van der Waals surface area contributed by atoms with Gasteiger partial charge in [-0.1, -0.05) is 47.1 Å². The van der Waals surface area contributed by atoms with Crippen molar-refractivity contribution in [1.29, 1.82) is 0 Å². The van der Waals surface area contributed by atoms with Gasteiger partial charge in [0.15, 0.2) is 0 Å². The quantitative estimate of drug-likeness (QED) is 0.802. The lowest BCUT2D eigenvalue weighted by Gasteiger charge is -2.01. The molecule has 0 saturated heterocycles. The molecule has 22 heavy (non-hydrogen) atoms. The van der Waals surface area contributed by atoms with Crippen molar-refractivity contribution in [3.63, 3.8) is 0 Å². The highest BCUT2D eigenvalue weighted by atomic mass is 35.5. The lowest BCUT2D eigenvalue weighted by Crippen LogP contribution is -2.23. The molecule has 5 nitrogen and oxygen atoms in total. The molecule has 0 fully saturated rings. The van der Waals surface area contributed by atoms with Crippen molar-refractivity contribution < 1.29 is 9.32 Å². The molecule has 1 aromatic heterocycles. The fraction of sp³-hybridized carbons (Fsp3) is 0.0625. The van der Waals surface area contributed by atoms with Gasteiger partial charge in [-0.05, 0) is 29.8 Å². The first-order chi connectivity index (χ1) is 10.7. The molecule has 2 aromatic carbocycles. The highest BCUT2D eigenvalue weighted by Crippen LogP contribution is 2.18. The van der Waals surface area contributed by atoms with Gasteiger partial charge in [0.25, 0.3) is 0 Å². The van der Waals surface area contributed by atoms with Crippen LogP contribution in [0.15, 0.2) is 59.1 Å². The van der Waals surface area contributed by atoms with E-state index in [1.165, 1.54) is 0 Å². The molecule has 0 spiro atoms. The van der Waals surface area contributed by atoms with Crippen LogP contribution in [0, 0.1) is 0 Å². The van der Waals surface area contributed by atoms with Gasteiger partial charge < -0.3 is 9.84 Å². The molecule has 3 rings (SSSR count). The summed E-state index contributed by atoms with van der Waals surface area (Å²) >= 11 is 5.83. The van der Waals surface area contributed by atoms with Gasteiger partial charge in [-0.3, -0.25) is 4.79 Å². The Morgan fingerprint density at radius 1 is 1.09 bits per heavy atom. The number of halogens is 1. The fourth-order valence-corrected chi connectivity index (χ4v) is 2.01. The van der Waals surface area contributed by atoms with Crippen LogP contribution < -0.4 is 5.32 Å². The molecule has 110 valence electrons. The van der Waals surface area contributed by atoms with Gasteiger partial charge in [-0.2, -0.15) is 4.98 Å². The number of carbonyl (C=O) groups is 1. The van der Waals surface area contributed by atoms with Crippen molar-refractivity contribution in [2.24, 2.45) is 0 Å². The predicted molar refractivity (Wildman–Crippen MR) is 82.4 cm³/mol. The van der Waals surface area contributed by atoms with Gasteiger partial charge in [0.1, 0.15) is 0 Å². The molecule has 0 bridgehead atoms. The van der Waals surface area contributed by atoms with Gasteiger partial charge in [-0.15, -0.1) is 0 Å². The Bertz CT molecular complexity index is 770. The summed E-state index contributed by atoms with van der Waals surface area (Å²) in [6, 6.07) is 16.6. The van der Waals surface area contributed by atoms with E-state index < -0.39 is 5.91 Å². The average Bonchev–Trinajstić information content (AvgIpc) is 3.04. The van der Waals surface area contributed by atoms with Crippen LogP contribution in [0.3, 0.4) is 0 Å². The van der Waals surface area contributed by atoms with Gasteiger partial charge in [0, 0.05) is 17.1 Å².